The Labute approximate surface area is 113 Å². The summed E-state index contributed by atoms with van der Waals surface area (Å²) in [4.78, 5) is 14.1. The Morgan fingerprint density at radius 2 is 2.22 bits per heavy atom. The largest absolute Gasteiger partial charge is 0.330 e. The maximum atomic E-state index is 12.2. The Morgan fingerprint density at radius 3 is 3.06 bits per heavy atom. The van der Waals surface area contributed by atoms with E-state index in [4.69, 9.17) is 5.73 Å². The normalized spacial score (nSPS) is 14.4. The average Bonchev–Trinajstić information content (AvgIpc) is 2.43. The summed E-state index contributed by atoms with van der Waals surface area (Å²) in [6, 6.07) is 8.22. The number of benzene rings is 1. The van der Waals surface area contributed by atoms with Gasteiger partial charge in [-0.1, -0.05) is 18.2 Å². The molecule has 0 unspecified atom stereocenters. The summed E-state index contributed by atoms with van der Waals surface area (Å²) in [5.74, 6) is 1.76. The van der Waals surface area contributed by atoms with Crippen LogP contribution in [0.2, 0.25) is 0 Å². The summed E-state index contributed by atoms with van der Waals surface area (Å²) in [6.45, 7) is 1.56. The molecular weight excluding hydrogens is 244 g/mol. The van der Waals surface area contributed by atoms with Gasteiger partial charge in [-0.2, -0.15) is 11.8 Å². The van der Waals surface area contributed by atoms with Crippen LogP contribution in [-0.4, -0.2) is 30.5 Å². The number of aryl methyl sites for hydroxylation is 1. The fraction of sp³-hybridized carbons (Fsp3) is 0.500. The van der Waals surface area contributed by atoms with Crippen molar-refractivity contribution in [1.82, 2.24) is 0 Å². The quantitative estimate of drug-likeness (QED) is 0.828. The molecule has 0 saturated carbocycles. The van der Waals surface area contributed by atoms with Crippen molar-refractivity contribution >= 4 is 23.4 Å². The fourth-order valence-corrected chi connectivity index (χ4v) is 3.06. The molecule has 1 heterocycles. The molecule has 0 aliphatic carbocycles. The first-order valence-corrected chi connectivity index (χ1v) is 7.64. The number of rotatable bonds is 5. The second kappa shape index (κ2) is 6.81. The number of nitrogens with two attached hydrogens (primary N) is 1. The minimum atomic E-state index is 0.226. The van der Waals surface area contributed by atoms with Crippen LogP contribution in [0.25, 0.3) is 0 Å². The molecule has 1 aliphatic rings. The van der Waals surface area contributed by atoms with Gasteiger partial charge in [-0.05, 0) is 43.2 Å². The van der Waals surface area contributed by atoms with E-state index >= 15 is 0 Å². The van der Waals surface area contributed by atoms with Gasteiger partial charge in [-0.25, -0.2) is 0 Å². The molecule has 4 heteroatoms. The predicted molar refractivity (Wildman–Crippen MR) is 78.1 cm³/mol. The molecule has 1 aliphatic heterocycles. The van der Waals surface area contributed by atoms with Crippen LogP contribution in [0.3, 0.4) is 0 Å². The third-order valence-corrected chi connectivity index (χ3v) is 4.16. The van der Waals surface area contributed by atoms with Gasteiger partial charge >= 0.3 is 0 Å². The Hall–Kier alpha value is -1.00. The van der Waals surface area contributed by atoms with E-state index in [1.807, 2.05) is 17.0 Å². The highest BCUT2D eigenvalue weighted by Gasteiger charge is 2.21. The molecule has 0 atom stereocenters. The third kappa shape index (κ3) is 3.27. The van der Waals surface area contributed by atoms with E-state index in [0.29, 0.717) is 12.3 Å². The number of carbonyl (C=O) groups excluding carboxylic acids is 1. The van der Waals surface area contributed by atoms with Gasteiger partial charge < -0.3 is 10.6 Å². The number of anilines is 1. The lowest BCUT2D eigenvalue weighted by Crippen LogP contribution is -2.36. The Kier molecular flexibility index (Phi) is 5.08. The van der Waals surface area contributed by atoms with Crippen molar-refractivity contribution < 1.29 is 4.79 Å². The molecular formula is C14H20N2OS. The van der Waals surface area contributed by atoms with Crippen LogP contribution >= 0.6 is 11.8 Å². The zero-order valence-electron chi connectivity index (χ0n) is 10.6. The van der Waals surface area contributed by atoms with Crippen LogP contribution < -0.4 is 10.6 Å². The Morgan fingerprint density at radius 1 is 1.39 bits per heavy atom. The first-order valence-electron chi connectivity index (χ1n) is 6.49. The molecule has 0 spiro atoms. The van der Waals surface area contributed by atoms with E-state index in [9.17, 15) is 4.79 Å². The van der Waals surface area contributed by atoms with E-state index in [1.165, 1.54) is 5.56 Å². The number of para-hydroxylation sites is 1. The molecule has 3 nitrogen and oxygen atoms in total. The summed E-state index contributed by atoms with van der Waals surface area (Å²) in [5, 5.41) is 0. The molecule has 0 fully saturated rings. The predicted octanol–water partition coefficient (Wildman–Crippen LogP) is 2.05. The summed E-state index contributed by atoms with van der Waals surface area (Å²) in [7, 11) is 0. The second-order valence-electron chi connectivity index (χ2n) is 4.47. The van der Waals surface area contributed by atoms with Crippen molar-refractivity contribution in [2.75, 3.05) is 29.5 Å². The molecule has 0 bridgehead atoms. The van der Waals surface area contributed by atoms with Crippen molar-refractivity contribution in [3.05, 3.63) is 29.8 Å². The van der Waals surface area contributed by atoms with Crippen molar-refractivity contribution in [2.45, 2.75) is 19.3 Å². The van der Waals surface area contributed by atoms with Gasteiger partial charge in [0.1, 0.15) is 0 Å². The van der Waals surface area contributed by atoms with E-state index in [1.54, 1.807) is 11.8 Å². The zero-order chi connectivity index (χ0) is 12.8. The van der Waals surface area contributed by atoms with Crippen LogP contribution in [0, 0.1) is 0 Å². The SMILES string of the molecule is NCCCSCC(=O)N1CCCc2ccccc21. The van der Waals surface area contributed by atoms with E-state index < -0.39 is 0 Å². The first-order chi connectivity index (χ1) is 8.83. The molecule has 1 aromatic rings. The number of nitrogens with zero attached hydrogens (tertiary/aromatic N) is 1. The van der Waals surface area contributed by atoms with E-state index in [0.717, 1.165) is 37.2 Å². The second-order valence-corrected chi connectivity index (χ2v) is 5.58. The maximum absolute atomic E-state index is 12.2. The lowest BCUT2D eigenvalue weighted by Gasteiger charge is -2.29. The molecule has 18 heavy (non-hydrogen) atoms. The fourth-order valence-electron chi connectivity index (χ4n) is 2.22. The highest BCUT2D eigenvalue weighted by Crippen LogP contribution is 2.27. The molecule has 0 saturated heterocycles. The van der Waals surface area contributed by atoms with Crippen LogP contribution in [-0.2, 0) is 11.2 Å². The minimum absolute atomic E-state index is 0.226. The summed E-state index contributed by atoms with van der Waals surface area (Å²) in [5.41, 5.74) is 7.84. The van der Waals surface area contributed by atoms with Crippen molar-refractivity contribution in [3.8, 4) is 0 Å². The van der Waals surface area contributed by atoms with Crippen molar-refractivity contribution in [2.24, 2.45) is 5.73 Å². The lowest BCUT2D eigenvalue weighted by atomic mass is 10.0. The lowest BCUT2D eigenvalue weighted by molar-refractivity contribution is -0.116. The number of amides is 1. The first kappa shape index (κ1) is 13.4. The van der Waals surface area contributed by atoms with Crippen LogP contribution in [0.5, 0.6) is 0 Å². The van der Waals surface area contributed by atoms with Gasteiger partial charge in [0.15, 0.2) is 0 Å². The molecule has 1 amide bonds. The van der Waals surface area contributed by atoms with Crippen LogP contribution in [0.4, 0.5) is 5.69 Å². The summed E-state index contributed by atoms with van der Waals surface area (Å²) >= 11 is 1.68. The van der Waals surface area contributed by atoms with Gasteiger partial charge in [0, 0.05) is 12.2 Å². The Balaban J connectivity index is 1.95. The molecule has 0 radical (unpaired) electrons. The van der Waals surface area contributed by atoms with E-state index in [-0.39, 0.29) is 5.91 Å². The van der Waals surface area contributed by atoms with Gasteiger partial charge in [0.05, 0.1) is 5.75 Å². The number of carbonyl (C=O) groups is 1. The average molecular weight is 264 g/mol. The highest BCUT2D eigenvalue weighted by atomic mass is 32.2. The van der Waals surface area contributed by atoms with Crippen molar-refractivity contribution in [3.63, 3.8) is 0 Å². The van der Waals surface area contributed by atoms with Gasteiger partial charge in [0.2, 0.25) is 5.91 Å². The van der Waals surface area contributed by atoms with Gasteiger partial charge in [0.25, 0.3) is 0 Å². The summed E-state index contributed by atoms with van der Waals surface area (Å²) < 4.78 is 0. The molecule has 98 valence electrons. The topological polar surface area (TPSA) is 46.3 Å². The number of thioether (sulfide) groups is 1. The summed E-state index contributed by atoms with van der Waals surface area (Å²) in [6.07, 6.45) is 3.13. The van der Waals surface area contributed by atoms with Gasteiger partial charge in [-0.3, -0.25) is 4.79 Å². The maximum Gasteiger partial charge on any atom is 0.236 e. The monoisotopic (exact) mass is 264 g/mol. The van der Waals surface area contributed by atoms with E-state index in [2.05, 4.69) is 12.1 Å². The van der Waals surface area contributed by atoms with Crippen LogP contribution in [0.1, 0.15) is 18.4 Å². The number of hydrogen-bond acceptors (Lipinski definition) is 3. The zero-order valence-corrected chi connectivity index (χ0v) is 11.4. The molecule has 2 rings (SSSR count). The molecule has 0 aromatic heterocycles. The molecule has 2 N–H and O–H groups in total. The number of fused-ring (bicyclic) bond motifs is 1. The minimum Gasteiger partial charge on any atom is -0.330 e. The standard InChI is InChI=1S/C14H20N2OS/c15-8-4-10-18-11-14(17)16-9-3-6-12-5-1-2-7-13(12)16/h1-2,5,7H,3-4,6,8-11,15H2. The van der Waals surface area contributed by atoms with Crippen molar-refractivity contribution in [1.29, 1.82) is 0 Å². The Bertz CT molecular complexity index is 409. The number of hydrogen-bond donors (Lipinski definition) is 1. The van der Waals surface area contributed by atoms with Gasteiger partial charge in [-0.15, -0.1) is 0 Å². The smallest absolute Gasteiger partial charge is 0.236 e. The van der Waals surface area contributed by atoms with Crippen LogP contribution in [0.15, 0.2) is 24.3 Å². The third-order valence-electron chi connectivity index (χ3n) is 3.13. The highest BCUT2D eigenvalue weighted by molar-refractivity contribution is 7.99. The molecule has 1 aromatic carbocycles.